The molecule has 1 unspecified atom stereocenters. The molecule has 0 saturated carbocycles. The number of hydrogen-bond acceptors (Lipinski definition) is 2. The van der Waals surface area contributed by atoms with Gasteiger partial charge in [0.2, 0.25) is 8.32 Å². The molecule has 0 aliphatic carbocycles. The zero-order chi connectivity index (χ0) is 13.9. The Morgan fingerprint density at radius 2 is 1.89 bits per heavy atom. The summed E-state index contributed by atoms with van der Waals surface area (Å²) in [5.41, 5.74) is 1.40. The summed E-state index contributed by atoms with van der Waals surface area (Å²) in [4.78, 5) is 0. The first-order valence-corrected chi connectivity index (χ1v) is 9.83. The summed E-state index contributed by atoms with van der Waals surface area (Å²) in [7, 11) is -1.99. The summed E-state index contributed by atoms with van der Waals surface area (Å²) in [6.45, 7) is 4.05. The molecule has 19 heavy (non-hydrogen) atoms. The van der Waals surface area contributed by atoms with Crippen molar-refractivity contribution >= 4 is 30.7 Å². The van der Waals surface area contributed by atoms with Crippen LogP contribution >= 0.6 is 11.6 Å². The van der Waals surface area contributed by atoms with Gasteiger partial charge >= 0.3 is 0 Å². The van der Waals surface area contributed by atoms with Crippen LogP contribution in [0.4, 0.5) is 0 Å². The van der Waals surface area contributed by atoms with Crippen molar-refractivity contribution in [2.45, 2.75) is 19.2 Å². The van der Waals surface area contributed by atoms with Crippen molar-refractivity contribution in [1.82, 2.24) is 0 Å². The molecular weight excluding hydrogens is 274 g/mol. The summed E-state index contributed by atoms with van der Waals surface area (Å²) in [5, 5.41) is 11.6. The van der Waals surface area contributed by atoms with Crippen LogP contribution in [-0.2, 0) is 4.43 Å². The highest BCUT2D eigenvalue weighted by atomic mass is 35.5. The molecule has 0 fully saturated rings. The van der Waals surface area contributed by atoms with Crippen LogP contribution in [0.1, 0.15) is 11.7 Å². The number of rotatable bonds is 4. The maximum Gasteiger partial charge on any atom is 0.203 e. The Hall–Kier alpha value is -1.34. The zero-order valence-corrected chi connectivity index (χ0v) is 12.8. The van der Waals surface area contributed by atoms with Gasteiger partial charge in [0.25, 0.3) is 0 Å². The Bertz CT molecular complexity index is 616. The fraction of sp³-hybridized carbons (Fsp3) is 0.267. The number of alkyl halides is 1. The van der Waals surface area contributed by atoms with Crippen LogP contribution in [0.25, 0.3) is 10.8 Å². The van der Waals surface area contributed by atoms with E-state index in [0.717, 1.165) is 16.3 Å². The molecule has 0 amide bonds. The van der Waals surface area contributed by atoms with Gasteiger partial charge in [-0.15, -0.1) is 11.6 Å². The largest absolute Gasteiger partial charge is 0.397 e. The van der Waals surface area contributed by atoms with E-state index in [1.807, 2.05) is 55.6 Å². The molecule has 0 saturated heterocycles. The standard InChI is InChI=1S/C15H16ClNOSi/c1-19(2,11-16)18-15(10-17)14-9-5-7-12-6-3-4-8-13(12)14/h3-9,15H,11H2,1-2H3. The third-order valence-electron chi connectivity index (χ3n) is 2.98. The molecule has 98 valence electrons. The number of nitriles is 1. The number of nitrogens with zero attached hydrogens (tertiary/aromatic N) is 1. The molecule has 0 aliphatic heterocycles. The lowest BCUT2D eigenvalue weighted by Gasteiger charge is -2.24. The lowest BCUT2D eigenvalue weighted by Crippen LogP contribution is -2.34. The fourth-order valence-electron chi connectivity index (χ4n) is 1.99. The first-order chi connectivity index (χ1) is 9.07. The third-order valence-corrected chi connectivity index (χ3v) is 6.43. The van der Waals surface area contributed by atoms with Gasteiger partial charge in [-0.1, -0.05) is 42.5 Å². The van der Waals surface area contributed by atoms with Gasteiger partial charge in [-0.2, -0.15) is 5.26 Å². The van der Waals surface area contributed by atoms with Gasteiger partial charge in [0.05, 0.1) is 6.07 Å². The molecule has 2 aromatic rings. The minimum absolute atomic E-state index is 0.482. The molecule has 0 aromatic heterocycles. The molecule has 0 radical (unpaired) electrons. The SMILES string of the molecule is C[Si](C)(CCl)OC(C#N)c1cccc2ccccc12. The van der Waals surface area contributed by atoms with Crippen molar-refractivity contribution in [1.29, 1.82) is 5.26 Å². The van der Waals surface area contributed by atoms with Crippen molar-refractivity contribution in [3.63, 3.8) is 0 Å². The molecule has 2 nitrogen and oxygen atoms in total. The van der Waals surface area contributed by atoms with E-state index in [1.165, 1.54) is 0 Å². The van der Waals surface area contributed by atoms with Gasteiger partial charge in [0.15, 0.2) is 6.10 Å². The average molecular weight is 290 g/mol. The smallest absolute Gasteiger partial charge is 0.203 e. The second-order valence-corrected chi connectivity index (χ2v) is 9.91. The van der Waals surface area contributed by atoms with Crippen LogP contribution < -0.4 is 0 Å². The van der Waals surface area contributed by atoms with E-state index in [-0.39, 0.29) is 0 Å². The van der Waals surface area contributed by atoms with Gasteiger partial charge in [-0.25, -0.2) is 0 Å². The Balaban J connectivity index is 2.45. The van der Waals surface area contributed by atoms with Crippen LogP contribution in [0.15, 0.2) is 42.5 Å². The molecule has 1 atom stereocenters. The van der Waals surface area contributed by atoms with Crippen molar-refractivity contribution in [3.8, 4) is 6.07 Å². The highest BCUT2D eigenvalue weighted by Crippen LogP contribution is 2.28. The van der Waals surface area contributed by atoms with Crippen molar-refractivity contribution < 1.29 is 4.43 Å². The molecule has 2 rings (SSSR count). The Labute approximate surface area is 119 Å². The predicted molar refractivity (Wildman–Crippen MR) is 81.6 cm³/mol. The van der Waals surface area contributed by atoms with E-state index in [1.54, 1.807) is 0 Å². The van der Waals surface area contributed by atoms with E-state index in [4.69, 9.17) is 16.0 Å². The number of benzene rings is 2. The summed E-state index contributed by atoms with van der Waals surface area (Å²) >= 11 is 5.93. The summed E-state index contributed by atoms with van der Waals surface area (Å²) in [6.07, 6.45) is -0.550. The van der Waals surface area contributed by atoms with E-state index in [9.17, 15) is 5.26 Å². The van der Waals surface area contributed by atoms with E-state index in [2.05, 4.69) is 6.07 Å². The molecule has 4 heteroatoms. The first-order valence-electron chi connectivity index (χ1n) is 6.18. The number of hydrogen-bond donors (Lipinski definition) is 0. The van der Waals surface area contributed by atoms with Gasteiger partial charge in [-0.3, -0.25) is 0 Å². The van der Waals surface area contributed by atoms with Gasteiger partial charge in [0.1, 0.15) is 0 Å². The maximum absolute atomic E-state index is 9.40. The van der Waals surface area contributed by atoms with Crippen molar-refractivity contribution in [2.24, 2.45) is 0 Å². The Kier molecular flexibility index (Phi) is 4.26. The topological polar surface area (TPSA) is 33.0 Å². The molecule has 0 heterocycles. The normalized spacial score (nSPS) is 13.2. The zero-order valence-electron chi connectivity index (χ0n) is 11.1. The molecular formula is C15H16ClNOSi. The van der Waals surface area contributed by atoms with Gasteiger partial charge in [-0.05, 0) is 23.9 Å². The van der Waals surface area contributed by atoms with Gasteiger partial charge in [0, 0.05) is 11.1 Å². The predicted octanol–water partition coefficient (Wildman–Crippen LogP) is 4.40. The molecule has 0 spiro atoms. The van der Waals surface area contributed by atoms with E-state index >= 15 is 0 Å². The molecule has 0 N–H and O–H groups in total. The second-order valence-electron chi connectivity index (χ2n) is 5.09. The highest BCUT2D eigenvalue weighted by molar-refractivity contribution is 6.77. The van der Waals surface area contributed by atoms with Crippen LogP contribution in [0, 0.1) is 11.3 Å². The van der Waals surface area contributed by atoms with Crippen molar-refractivity contribution in [3.05, 3.63) is 48.0 Å². The average Bonchev–Trinajstić information content (AvgIpc) is 2.44. The first kappa shape index (κ1) is 14.1. The quantitative estimate of drug-likeness (QED) is 0.617. The molecule has 0 bridgehead atoms. The Morgan fingerprint density at radius 1 is 1.21 bits per heavy atom. The minimum atomic E-state index is -1.99. The number of fused-ring (bicyclic) bond motifs is 1. The molecule has 2 aromatic carbocycles. The number of halogens is 1. The molecule has 0 aliphatic rings. The summed E-state index contributed by atoms with van der Waals surface area (Å²) in [6, 6.07) is 16.2. The fourth-order valence-corrected chi connectivity index (χ4v) is 3.06. The van der Waals surface area contributed by atoms with Crippen LogP contribution in [0.3, 0.4) is 0 Å². The van der Waals surface area contributed by atoms with E-state index < -0.39 is 14.4 Å². The van der Waals surface area contributed by atoms with Crippen LogP contribution in [0.5, 0.6) is 0 Å². The second kappa shape index (κ2) is 5.75. The maximum atomic E-state index is 9.40. The summed E-state index contributed by atoms with van der Waals surface area (Å²) in [5.74, 6) is 0. The van der Waals surface area contributed by atoms with Crippen molar-refractivity contribution in [2.75, 3.05) is 5.50 Å². The lowest BCUT2D eigenvalue weighted by molar-refractivity contribution is 0.256. The Morgan fingerprint density at radius 3 is 2.58 bits per heavy atom. The lowest BCUT2D eigenvalue weighted by atomic mass is 10.0. The monoisotopic (exact) mass is 289 g/mol. The highest BCUT2D eigenvalue weighted by Gasteiger charge is 2.27. The third kappa shape index (κ3) is 3.16. The summed E-state index contributed by atoms with van der Waals surface area (Å²) < 4.78 is 5.98. The van der Waals surface area contributed by atoms with Crippen LogP contribution in [0.2, 0.25) is 13.1 Å². The van der Waals surface area contributed by atoms with E-state index in [0.29, 0.717) is 5.50 Å². The van der Waals surface area contributed by atoms with Gasteiger partial charge < -0.3 is 4.43 Å². The van der Waals surface area contributed by atoms with Crippen LogP contribution in [-0.4, -0.2) is 13.8 Å². The minimum Gasteiger partial charge on any atom is -0.397 e.